The number of nitrogens with two attached hydrogens (primary N) is 1. The van der Waals surface area contributed by atoms with Gasteiger partial charge in [0.25, 0.3) is 0 Å². The van der Waals surface area contributed by atoms with Gasteiger partial charge in [0.15, 0.2) is 11.6 Å². The molecule has 1 amide bonds. The van der Waals surface area contributed by atoms with Crippen molar-refractivity contribution in [3.05, 3.63) is 79.4 Å². The molecule has 240 valence electrons. The fraction of sp³-hybridized carbons (Fsp3) is 0.312. The van der Waals surface area contributed by atoms with Gasteiger partial charge in [-0.15, -0.1) is 0 Å². The van der Waals surface area contributed by atoms with Crippen LogP contribution in [0.15, 0.2) is 35.8 Å². The van der Waals surface area contributed by atoms with E-state index in [0.717, 1.165) is 6.07 Å². The normalized spacial score (nSPS) is 17.6. The van der Waals surface area contributed by atoms with Crippen molar-refractivity contribution in [1.29, 1.82) is 0 Å². The maximum absolute atomic E-state index is 17.0. The molecule has 0 bridgehead atoms. The third kappa shape index (κ3) is 4.78. The third-order valence-corrected chi connectivity index (χ3v) is 9.56. The molecule has 2 aliphatic heterocycles. The molecule has 46 heavy (non-hydrogen) atoms. The minimum Gasteiger partial charge on any atom is -0.397 e. The highest BCUT2D eigenvalue weighted by molar-refractivity contribution is 6.41. The van der Waals surface area contributed by atoms with Gasteiger partial charge in [-0.2, -0.15) is 4.98 Å². The number of hydrogen-bond acceptors (Lipinski definition) is 7. The predicted octanol–water partition coefficient (Wildman–Crippen LogP) is 6.72. The van der Waals surface area contributed by atoms with E-state index in [1.807, 2.05) is 32.6 Å². The van der Waals surface area contributed by atoms with Crippen LogP contribution in [0.3, 0.4) is 0 Å². The number of benzene rings is 2. The predicted molar refractivity (Wildman–Crippen MR) is 180 cm³/mol. The number of hydrogen-bond donors (Lipinski definition) is 2. The molecule has 14 heteroatoms. The number of pyridine rings is 1. The van der Waals surface area contributed by atoms with Crippen molar-refractivity contribution in [3.63, 3.8) is 0 Å². The van der Waals surface area contributed by atoms with Gasteiger partial charge in [-0.25, -0.2) is 13.6 Å². The number of nitrogens with zero attached hydrogens (tertiary/aromatic N) is 5. The number of nitrogens with one attached hydrogen (secondary N) is 1. The van der Waals surface area contributed by atoms with Crippen LogP contribution in [0.2, 0.25) is 15.1 Å². The van der Waals surface area contributed by atoms with Crippen LogP contribution in [0, 0.1) is 18.6 Å². The monoisotopic (exact) mass is 687 g/mol. The second-order valence-corrected chi connectivity index (χ2v) is 13.0. The number of carbonyl (C=O) groups is 1. The second-order valence-electron chi connectivity index (χ2n) is 11.9. The van der Waals surface area contributed by atoms with Crippen molar-refractivity contribution in [3.8, 4) is 16.8 Å². The molecular weight excluding hydrogens is 659 g/mol. The summed E-state index contributed by atoms with van der Waals surface area (Å²) in [5.74, 6) is -2.18. The van der Waals surface area contributed by atoms with Crippen LogP contribution in [-0.4, -0.2) is 57.1 Å². The van der Waals surface area contributed by atoms with E-state index in [2.05, 4.69) is 21.9 Å². The van der Waals surface area contributed by atoms with Crippen LogP contribution in [0.1, 0.15) is 37.9 Å². The molecule has 2 aliphatic rings. The largest absolute Gasteiger partial charge is 0.397 e. The molecule has 2 unspecified atom stereocenters. The summed E-state index contributed by atoms with van der Waals surface area (Å²) < 4.78 is 34.2. The zero-order valence-corrected chi connectivity index (χ0v) is 27.7. The standard InChI is InChI=1S/C32H30Cl3F2N7O2/c1-6-19(45)42-11-15(5)43-16(12-42)10-40-28-22-30(23(35)20(25(28)37)21-24(36)17(33)9-18(34)26(21)38)44(32(46)41-31(22)43)29-14(4)7-8-39-27(29)13(2)3/h6-9,13,15-16,40H,1,10-12,38H2,2-5H3. The Morgan fingerprint density at radius 2 is 1.89 bits per heavy atom. The van der Waals surface area contributed by atoms with Crippen molar-refractivity contribution in [2.75, 3.05) is 35.6 Å². The first-order valence-electron chi connectivity index (χ1n) is 14.6. The van der Waals surface area contributed by atoms with Gasteiger partial charge in [0.2, 0.25) is 5.91 Å². The Labute approximate surface area is 278 Å². The number of aryl methyl sites for hydroxylation is 1. The van der Waals surface area contributed by atoms with E-state index in [1.165, 1.54) is 10.6 Å². The smallest absolute Gasteiger partial charge is 0.354 e. The van der Waals surface area contributed by atoms with Gasteiger partial charge >= 0.3 is 5.69 Å². The minimum atomic E-state index is -1.03. The lowest BCUT2D eigenvalue weighted by atomic mass is 9.97. The van der Waals surface area contributed by atoms with Crippen LogP contribution in [-0.2, 0) is 4.79 Å². The number of halogens is 5. The second kappa shape index (κ2) is 11.7. The molecule has 4 heterocycles. The van der Waals surface area contributed by atoms with Crippen molar-refractivity contribution >= 4 is 68.8 Å². The Morgan fingerprint density at radius 1 is 1.17 bits per heavy atom. The molecule has 0 radical (unpaired) electrons. The summed E-state index contributed by atoms with van der Waals surface area (Å²) in [6.45, 7) is 11.8. The Morgan fingerprint density at radius 3 is 2.57 bits per heavy atom. The molecule has 0 saturated carbocycles. The van der Waals surface area contributed by atoms with Crippen LogP contribution in [0.4, 0.5) is 26.0 Å². The summed E-state index contributed by atoms with van der Waals surface area (Å²) in [4.78, 5) is 39.6. The summed E-state index contributed by atoms with van der Waals surface area (Å²) in [7, 11) is 0. The average molecular weight is 689 g/mol. The molecule has 0 spiro atoms. The van der Waals surface area contributed by atoms with Gasteiger partial charge < -0.3 is 20.9 Å². The van der Waals surface area contributed by atoms with Gasteiger partial charge in [0, 0.05) is 43.0 Å². The van der Waals surface area contributed by atoms with Crippen molar-refractivity contribution in [1.82, 2.24) is 19.4 Å². The lowest BCUT2D eigenvalue weighted by Crippen LogP contribution is -2.61. The molecule has 0 aliphatic carbocycles. The molecule has 4 aromatic rings. The van der Waals surface area contributed by atoms with Crippen LogP contribution >= 0.6 is 34.8 Å². The first-order valence-corrected chi connectivity index (χ1v) is 15.7. The van der Waals surface area contributed by atoms with Gasteiger partial charge in [0.05, 0.1) is 54.8 Å². The maximum atomic E-state index is 17.0. The van der Waals surface area contributed by atoms with E-state index in [4.69, 9.17) is 40.5 Å². The zero-order chi connectivity index (χ0) is 33.4. The van der Waals surface area contributed by atoms with E-state index in [9.17, 15) is 9.59 Å². The number of nitrogen functional groups attached to an aromatic ring is 1. The van der Waals surface area contributed by atoms with Crippen LogP contribution in [0.25, 0.3) is 27.7 Å². The number of rotatable bonds is 4. The quantitative estimate of drug-likeness (QED) is 0.139. The Bertz CT molecular complexity index is 2010. The Balaban J connectivity index is 1.80. The number of aromatic nitrogens is 3. The number of anilines is 3. The van der Waals surface area contributed by atoms with E-state index >= 15 is 8.78 Å². The molecular formula is C32H30Cl3F2N7O2. The molecule has 6 rings (SSSR count). The van der Waals surface area contributed by atoms with Gasteiger partial charge in [0.1, 0.15) is 5.82 Å². The third-order valence-electron chi connectivity index (χ3n) is 8.61. The van der Waals surface area contributed by atoms with E-state index in [0.29, 0.717) is 23.5 Å². The summed E-state index contributed by atoms with van der Waals surface area (Å²) in [6.07, 6.45) is 2.87. The van der Waals surface area contributed by atoms with Crippen molar-refractivity contribution in [2.45, 2.75) is 45.7 Å². The molecule has 2 atom stereocenters. The highest BCUT2D eigenvalue weighted by Gasteiger charge is 2.40. The average Bonchev–Trinajstić information content (AvgIpc) is 3.17. The molecule has 2 aromatic heterocycles. The van der Waals surface area contributed by atoms with Crippen LogP contribution < -0.4 is 21.6 Å². The van der Waals surface area contributed by atoms with Crippen LogP contribution in [0.5, 0.6) is 0 Å². The molecule has 9 nitrogen and oxygen atoms in total. The molecule has 1 fully saturated rings. The SMILES string of the molecule is C=CC(=O)N1CC(C)N2c3nc(=O)n(-c4c(C)ccnc4C(C)C)c4c(Cl)c(-c5c(N)c(Cl)cc(Cl)c5F)c(F)c(c34)NCC2C1. The molecule has 3 N–H and O–H groups in total. The Kier molecular flexibility index (Phi) is 8.15. The topological polar surface area (TPSA) is 109 Å². The zero-order valence-electron chi connectivity index (χ0n) is 25.4. The Hall–Kier alpha value is -3.93. The first-order chi connectivity index (χ1) is 21.8. The lowest BCUT2D eigenvalue weighted by molar-refractivity contribution is -0.127. The summed E-state index contributed by atoms with van der Waals surface area (Å²) >= 11 is 19.6. The molecule has 1 saturated heterocycles. The number of amides is 1. The fourth-order valence-electron chi connectivity index (χ4n) is 6.57. The maximum Gasteiger partial charge on any atom is 0.354 e. The highest BCUT2D eigenvalue weighted by Crippen LogP contribution is 2.50. The van der Waals surface area contributed by atoms with Crippen molar-refractivity contribution in [2.24, 2.45) is 0 Å². The van der Waals surface area contributed by atoms with Gasteiger partial charge in [-0.3, -0.25) is 14.3 Å². The van der Waals surface area contributed by atoms with Gasteiger partial charge in [-0.05, 0) is 43.5 Å². The lowest BCUT2D eigenvalue weighted by Gasteiger charge is -2.45. The number of piperazine rings is 1. The van der Waals surface area contributed by atoms with Crippen molar-refractivity contribution < 1.29 is 13.6 Å². The fourth-order valence-corrected chi connectivity index (χ4v) is 7.39. The summed E-state index contributed by atoms with van der Waals surface area (Å²) in [6, 6.07) is 2.10. The van der Waals surface area contributed by atoms with Gasteiger partial charge in [-0.1, -0.05) is 55.2 Å². The summed E-state index contributed by atoms with van der Waals surface area (Å²) in [5, 5.41) is 2.58. The summed E-state index contributed by atoms with van der Waals surface area (Å²) in [5.41, 5.74) is 6.06. The molecule has 2 aromatic carbocycles. The first kappa shape index (κ1) is 32.0. The number of carbonyl (C=O) groups excluding carboxylic acids is 1. The minimum absolute atomic E-state index is 0.0703. The number of fused-ring (bicyclic) bond motifs is 2. The van der Waals surface area contributed by atoms with E-state index in [1.54, 1.807) is 17.2 Å². The highest BCUT2D eigenvalue weighted by atomic mass is 35.5. The van der Waals surface area contributed by atoms with E-state index in [-0.39, 0.29) is 74.1 Å². The van der Waals surface area contributed by atoms with E-state index < -0.39 is 34.5 Å².